The third-order valence-corrected chi connectivity index (χ3v) is 3.48. The van der Waals surface area contributed by atoms with Crippen molar-refractivity contribution in [1.29, 1.82) is 0 Å². The molecule has 1 amide bonds. The first-order valence-electron chi connectivity index (χ1n) is 6.99. The van der Waals surface area contributed by atoms with Gasteiger partial charge in [-0.2, -0.15) is 0 Å². The molecule has 0 aromatic heterocycles. The molecule has 1 aromatic carbocycles. The lowest BCUT2D eigenvalue weighted by Crippen LogP contribution is -2.48. The van der Waals surface area contributed by atoms with Gasteiger partial charge in [-0.05, 0) is 50.1 Å². The molecule has 104 valence electrons. The lowest BCUT2D eigenvalue weighted by Gasteiger charge is -2.33. The number of rotatable bonds is 4. The fourth-order valence-corrected chi connectivity index (χ4v) is 2.45. The Balaban J connectivity index is 1.96. The van der Waals surface area contributed by atoms with Gasteiger partial charge in [-0.3, -0.25) is 4.79 Å². The number of piperidine rings is 1. The van der Waals surface area contributed by atoms with Crippen LogP contribution in [0, 0.1) is 5.82 Å². The van der Waals surface area contributed by atoms with Gasteiger partial charge in [0.1, 0.15) is 5.82 Å². The number of likely N-dealkylation sites (tertiary alicyclic amines) is 1. The zero-order valence-corrected chi connectivity index (χ0v) is 11.4. The fourth-order valence-electron chi connectivity index (χ4n) is 2.45. The van der Waals surface area contributed by atoms with E-state index in [4.69, 9.17) is 0 Å². The van der Waals surface area contributed by atoms with Crippen molar-refractivity contribution in [3.63, 3.8) is 0 Å². The first kappa shape index (κ1) is 14.0. The van der Waals surface area contributed by atoms with Gasteiger partial charge in [0.25, 0.3) is 5.91 Å². The number of nitrogens with zero attached hydrogens (tertiary/aromatic N) is 1. The van der Waals surface area contributed by atoms with Crippen molar-refractivity contribution in [3.05, 3.63) is 35.6 Å². The molecule has 4 heteroatoms. The molecule has 0 saturated carbocycles. The maximum absolute atomic E-state index is 12.9. The zero-order chi connectivity index (χ0) is 13.7. The van der Waals surface area contributed by atoms with Crippen molar-refractivity contribution in [2.24, 2.45) is 0 Å². The first-order chi connectivity index (χ1) is 9.20. The highest BCUT2D eigenvalue weighted by molar-refractivity contribution is 5.94. The molecule has 0 bridgehead atoms. The average molecular weight is 264 g/mol. The molecule has 1 atom stereocenters. The summed E-state index contributed by atoms with van der Waals surface area (Å²) in [6.45, 7) is 4.66. The minimum Gasteiger partial charge on any atom is -0.337 e. The van der Waals surface area contributed by atoms with E-state index in [1.54, 1.807) is 12.1 Å². The lowest BCUT2D eigenvalue weighted by molar-refractivity contribution is 0.0695. The summed E-state index contributed by atoms with van der Waals surface area (Å²) in [6, 6.07) is 6.17. The first-order valence-corrected chi connectivity index (χ1v) is 6.99. The summed E-state index contributed by atoms with van der Waals surface area (Å²) >= 11 is 0. The summed E-state index contributed by atoms with van der Waals surface area (Å²) in [6.07, 6.45) is 3.24. The summed E-state index contributed by atoms with van der Waals surface area (Å²) in [4.78, 5) is 14.2. The summed E-state index contributed by atoms with van der Waals surface area (Å²) in [7, 11) is 0. The molecule has 1 unspecified atom stereocenters. The van der Waals surface area contributed by atoms with E-state index in [1.165, 1.54) is 12.1 Å². The molecule has 3 nitrogen and oxygen atoms in total. The van der Waals surface area contributed by atoms with Crippen LogP contribution in [0.4, 0.5) is 4.39 Å². The largest absolute Gasteiger partial charge is 0.337 e. The fraction of sp³-hybridized carbons (Fsp3) is 0.533. The maximum Gasteiger partial charge on any atom is 0.253 e. The van der Waals surface area contributed by atoms with Crippen LogP contribution in [0.25, 0.3) is 0 Å². The monoisotopic (exact) mass is 264 g/mol. The molecule has 1 aliphatic heterocycles. The standard InChI is InChI=1S/C15H21FN2O/c1-2-9-17-14-4-3-10-18(11-14)15(19)12-5-7-13(16)8-6-12/h5-8,14,17H,2-4,9-11H2,1H3. The van der Waals surface area contributed by atoms with Crippen LogP contribution in [-0.4, -0.2) is 36.5 Å². The number of carbonyl (C=O) groups is 1. The molecular weight excluding hydrogens is 243 g/mol. The van der Waals surface area contributed by atoms with E-state index < -0.39 is 0 Å². The van der Waals surface area contributed by atoms with E-state index in [1.807, 2.05) is 4.90 Å². The van der Waals surface area contributed by atoms with Gasteiger partial charge < -0.3 is 10.2 Å². The van der Waals surface area contributed by atoms with Gasteiger partial charge in [0.05, 0.1) is 0 Å². The summed E-state index contributed by atoms with van der Waals surface area (Å²) < 4.78 is 12.9. The molecule has 2 rings (SSSR count). The van der Waals surface area contributed by atoms with Gasteiger partial charge in [0.2, 0.25) is 0 Å². The summed E-state index contributed by atoms with van der Waals surface area (Å²) in [5.41, 5.74) is 0.567. The number of nitrogens with one attached hydrogen (secondary N) is 1. The van der Waals surface area contributed by atoms with Crippen LogP contribution in [0.15, 0.2) is 24.3 Å². The normalized spacial score (nSPS) is 19.5. The third kappa shape index (κ3) is 3.77. The van der Waals surface area contributed by atoms with E-state index in [0.29, 0.717) is 11.6 Å². The van der Waals surface area contributed by atoms with Crippen LogP contribution >= 0.6 is 0 Å². The highest BCUT2D eigenvalue weighted by Crippen LogP contribution is 2.14. The van der Waals surface area contributed by atoms with Crippen LogP contribution in [0.3, 0.4) is 0 Å². The quantitative estimate of drug-likeness (QED) is 0.906. The van der Waals surface area contributed by atoms with Gasteiger partial charge in [-0.1, -0.05) is 6.92 Å². The molecule has 19 heavy (non-hydrogen) atoms. The molecular formula is C15H21FN2O. The van der Waals surface area contributed by atoms with Crippen molar-refractivity contribution in [3.8, 4) is 0 Å². The van der Waals surface area contributed by atoms with Crippen molar-refractivity contribution < 1.29 is 9.18 Å². The smallest absolute Gasteiger partial charge is 0.253 e. The van der Waals surface area contributed by atoms with Crippen molar-refractivity contribution in [2.75, 3.05) is 19.6 Å². The number of amides is 1. The van der Waals surface area contributed by atoms with E-state index in [9.17, 15) is 9.18 Å². The Morgan fingerprint density at radius 3 is 2.84 bits per heavy atom. The second-order valence-electron chi connectivity index (χ2n) is 5.05. The molecule has 1 N–H and O–H groups in total. The molecule has 1 saturated heterocycles. The Kier molecular flexibility index (Phi) is 4.91. The minimum atomic E-state index is -0.308. The number of hydrogen-bond donors (Lipinski definition) is 1. The Hall–Kier alpha value is -1.42. The van der Waals surface area contributed by atoms with E-state index in [0.717, 1.165) is 38.9 Å². The Morgan fingerprint density at radius 2 is 2.16 bits per heavy atom. The SMILES string of the molecule is CCCNC1CCCN(C(=O)c2ccc(F)cc2)C1. The summed E-state index contributed by atoms with van der Waals surface area (Å²) in [5.74, 6) is -0.305. The van der Waals surface area contributed by atoms with Crippen molar-refractivity contribution >= 4 is 5.91 Å². The predicted molar refractivity (Wildman–Crippen MR) is 73.6 cm³/mol. The van der Waals surface area contributed by atoms with Crippen molar-refractivity contribution in [1.82, 2.24) is 10.2 Å². The Bertz CT molecular complexity index is 419. The van der Waals surface area contributed by atoms with E-state index >= 15 is 0 Å². The topological polar surface area (TPSA) is 32.3 Å². The average Bonchev–Trinajstić information content (AvgIpc) is 2.45. The molecule has 1 aromatic rings. The van der Waals surface area contributed by atoms with Gasteiger partial charge >= 0.3 is 0 Å². The number of halogens is 1. The van der Waals surface area contributed by atoms with Crippen LogP contribution in [0.1, 0.15) is 36.5 Å². The molecule has 0 spiro atoms. The maximum atomic E-state index is 12.9. The zero-order valence-electron chi connectivity index (χ0n) is 11.4. The highest BCUT2D eigenvalue weighted by Gasteiger charge is 2.23. The predicted octanol–water partition coefficient (Wildman–Crippen LogP) is 2.43. The number of carbonyl (C=O) groups excluding carboxylic acids is 1. The number of benzene rings is 1. The number of hydrogen-bond acceptors (Lipinski definition) is 2. The van der Waals surface area contributed by atoms with Gasteiger partial charge in [0, 0.05) is 24.7 Å². The lowest BCUT2D eigenvalue weighted by atomic mass is 10.0. The second-order valence-corrected chi connectivity index (χ2v) is 5.05. The minimum absolute atomic E-state index is 0.00278. The van der Waals surface area contributed by atoms with E-state index in [2.05, 4.69) is 12.2 Å². The van der Waals surface area contributed by atoms with Crippen LogP contribution in [-0.2, 0) is 0 Å². The highest BCUT2D eigenvalue weighted by atomic mass is 19.1. The molecule has 1 aliphatic rings. The molecule has 1 heterocycles. The van der Waals surface area contributed by atoms with Gasteiger partial charge in [-0.15, -0.1) is 0 Å². The Labute approximate surface area is 113 Å². The summed E-state index contributed by atoms with van der Waals surface area (Å²) in [5, 5.41) is 3.46. The Morgan fingerprint density at radius 1 is 1.42 bits per heavy atom. The van der Waals surface area contributed by atoms with E-state index in [-0.39, 0.29) is 11.7 Å². The van der Waals surface area contributed by atoms with Gasteiger partial charge in [0.15, 0.2) is 0 Å². The van der Waals surface area contributed by atoms with Gasteiger partial charge in [-0.25, -0.2) is 4.39 Å². The molecule has 0 aliphatic carbocycles. The molecule has 0 radical (unpaired) electrons. The van der Waals surface area contributed by atoms with Crippen molar-refractivity contribution in [2.45, 2.75) is 32.2 Å². The third-order valence-electron chi connectivity index (χ3n) is 3.48. The van der Waals surface area contributed by atoms with Crippen LogP contribution in [0.2, 0.25) is 0 Å². The van der Waals surface area contributed by atoms with Crippen LogP contribution in [0.5, 0.6) is 0 Å². The van der Waals surface area contributed by atoms with Crippen LogP contribution < -0.4 is 5.32 Å². The molecule has 1 fully saturated rings. The second kappa shape index (κ2) is 6.66.